The van der Waals surface area contributed by atoms with Crippen LogP contribution in [0.1, 0.15) is 40.2 Å². The first-order valence-corrected chi connectivity index (χ1v) is 5.47. The molecule has 1 aromatic rings. The van der Waals surface area contributed by atoms with E-state index in [0.717, 1.165) is 13.0 Å². The van der Waals surface area contributed by atoms with E-state index in [9.17, 15) is 0 Å². The molecule has 0 bridgehead atoms. The lowest BCUT2D eigenvalue weighted by atomic mass is 10.1. The Hall–Kier alpha value is -0.970. The summed E-state index contributed by atoms with van der Waals surface area (Å²) in [6.07, 6.45) is 2.61. The maximum atomic E-state index is 4.12. The quantitative estimate of drug-likeness (QED) is 0.695. The van der Waals surface area contributed by atoms with Crippen LogP contribution in [0.25, 0.3) is 0 Å². The Balaban J connectivity index is 2.11. The molecule has 2 rings (SSSR count). The molecule has 1 aromatic heterocycles. The first-order chi connectivity index (χ1) is 6.98. The molecule has 0 radical (unpaired) electrons. The van der Waals surface area contributed by atoms with Crippen molar-refractivity contribution in [2.75, 3.05) is 6.54 Å². The minimum atomic E-state index is 0.217. The highest BCUT2D eigenvalue weighted by Crippen LogP contribution is 2.31. The van der Waals surface area contributed by atoms with Crippen molar-refractivity contribution in [3.05, 3.63) is 6.33 Å². The number of likely N-dealkylation sites (tertiary alicyclic amines) is 1. The minimum Gasteiger partial charge on any atom is -0.294 e. The van der Waals surface area contributed by atoms with Crippen LogP contribution in [0.2, 0.25) is 0 Å². The Morgan fingerprint density at radius 3 is 2.53 bits per heavy atom. The lowest BCUT2D eigenvalue weighted by Gasteiger charge is -2.35. The van der Waals surface area contributed by atoms with Crippen LogP contribution in [-0.2, 0) is 0 Å². The van der Waals surface area contributed by atoms with Gasteiger partial charge in [0.1, 0.15) is 0 Å². The third-order valence-electron chi connectivity index (χ3n) is 3.11. The molecule has 2 atom stereocenters. The van der Waals surface area contributed by atoms with E-state index in [-0.39, 0.29) is 5.54 Å². The fraction of sp³-hybridized carbons (Fsp3) is 0.900. The fourth-order valence-corrected chi connectivity index (χ4v) is 2.45. The van der Waals surface area contributed by atoms with E-state index in [1.807, 2.05) is 0 Å². The van der Waals surface area contributed by atoms with Gasteiger partial charge in [-0.05, 0) is 39.3 Å². The van der Waals surface area contributed by atoms with E-state index >= 15 is 0 Å². The van der Waals surface area contributed by atoms with Gasteiger partial charge in [-0.15, -0.1) is 10.2 Å². The molecule has 15 heavy (non-hydrogen) atoms. The molecule has 0 amide bonds. The number of tetrazole rings is 1. The zero-order valence-corrected chi connectivity index (χ0v) is 9.88. The van der Waals surface area contributed by atoms with Crippen LogP contribution in [0.3, 0.4) is 0 Å². The Morgan fingerprint density at radius 2 is 2.07 bits per heavy atom. The normalized spacial score (nSPS) is 28.5. The van der Waals surface area contributed by atoms with Gasteiger partial charge in [-0.3, -0.25) is 4.90 Å². The molecule has 0 N–H and O–H groups in total. The van der Waals surface area contributed by atoms with Gasteiger partial charge in [0.15, 0.2) is 6.33 Å². The second kappa shape index (κ2) is 3.56. The van der Waals surface area contributed by atoms with E-state index in [1.165, 1.54) is 6.33 Å². The largest absolute Gasteiger partial charge is 0.294 e. The summed E-state index contributed by atoms with van der Waals surface area (Å²) in [7, 11) is 0. The van der Waals surface area contributed by atoms with Crippen LogP contribution in [0.5, 0.6) is 0 Å². The van der Waals surface area contributed by atoms with Gasteiger partial charge in [0.2, 0.25) is 0 Å². The molecule has 1 fully saturated rings. The molecule has 0 unspecified atom stereocenters. The van der Waals surface area contributed by atoms with Gasteiger partial charge in [-0.2, -0.15) is 4.80 Å². The smallest absolute Gasteiger partial charge is 0.162 e. The number of nitrogens with zero attached hydrogens (tertiary/aromatic N) is 5. The molecular formula is C10H19N5. The molecule has 5 heteroatoms. The van der Waals surface area contributed by atoms with Crippen LogP contribution < -0.4 is 0 Å². The van der Waals surface area contributed by atoms with Crippen molar-refractivity contribution in [2.24, 2.45) is 0 Å². The van der Waals surface area contributed by atoms with Gasteiger partial charge < -0.3 is 0 Å². The monoisotopic (exact) mass is 209 g/mol. The van der Waals surface area contributed by atoms with Gasteiger partial charge >= 0.3 is 0 Å². The van der Waals surface area contributed by atoms with Crippen molar-refractivity contribution in [1.82, 2.24) is 25.1 Å². The summed E-state index contributed by atoms with van der Waals surface area (Å²) in [6, 6.07) is 0.961. The third-order valence-corrected chi connectivity index (χ3v) is 3.11. The van der Waals surface area contributed by atoms with E-state index in [0.29, 0.717) is 12.1 Å². The highest BCUT2D eigenvalue weighted by molar-refractivity contribution is 4.90. The summed E-state index contributed by atoms with van der Waals surface area (Å²) >= 11 is 0. The van der Waals surface area contributed by atoms with E-state index < -0.39 is 0 Å². The van der Waals surface area contributed by atoms with Crippen molar-refractivity contribution < 1.29 is 0 Å². The predicted octanol–water partition coefficient (Wildman–Crippen LogP) is 1.11. The SMILES string of the molecule is C[C@H]1C[C@H](n2ncnn2)CN1C(C)(C)C. The molecule has 0 aromatic carbocycles. The van der Waals surface area contributed by atoms with E-state index in [4.69, 9.17) is 0 Å². The molecule has 84 valence electrons. The summed E-state index contributed by atoms with van der Waals surface area (Å²) in [5.74, 6) is 0. The van der Waals surface area contributed by atoms with Gasteiger partial charge in [0.25, 0.3) is 0 Å². The second-order valence-corrected chi connectivity index (χ2v) is 5.32. The van der Waals surface area contributed by atoms with Crippen molar-refractivity contribution in [2.45, 2.75) is 51.7 Å². The lowest BCUT2D eigenvalue weighted by Crippen LogP contribution is -2.43. The van der Waals surface area contributed by atoms with Crippen molar-refractivity contribution in [3.63, 3.8) is 0 Å². The molecule has 0 spiro atoms. The summed E-state index contributed by atoms with van der Waals surface area (Å²) in [5, 5.41) is 11.9. The minimum absolute atomic E-state index is 0.217. The molecule has 0 saturated carbocycles. The Bertz CT molecular complexity index is 313. The zero-order chi connectivity index (χ0) is 11.1. The van der Waals surface area contributed by atoms with E-state index in [2.05, 4.69) is 48.0 Å². The van der Waals surface area contributed by atoms with Crippen LogP contribution >= 0.6 is 0 Å². The molecule has 1 aliphatic rings. The van der Waals surface area contributed by atoms with Crippen molar-refractivity contribution in [3.8, 4) is 0 Å². The average Bonchev–Trinajstić information content (AvgIpc) is 2.68. The average molecular weight is 209 g/mol. The Kier molecular flexibility index (Phi) is 2.50. The van der Waals surface area contributed by atoms with Gasteiger partial charge in [0, 0.05) is 18.1 Å². The number of hydrogen-bond donors (Lipinski definition) is 0. The second-order valence-electron chi connectivity index (χ2n) is 5.32. The number of hydrogen-bond acceptors (Lipinski definition) is 4. The van der Waals surface area contributed by atoms with Crippen molar-refractivity contribution in [1.29, 1.82) is 0 Å². The molecule has 0 aliphatic carbocycles. The summed E-state index contributed by atoms with van der Waals surface area (Å²) < 4.78 is 0. The van der Waals surface area contributed by atoms with Crippen molar-refractivity contribution >= 4 is 0 Å². The topological polar surface area (TPSA) is 46.8 Å². The van der Waals surface area contributed by atoms with Crippen LogP contribution in [0.15, 0.2) is 6.33 Å². The van der Waals surface area contributed by atoms with Gasteiger partial charge in [-0.25, -0.2) is 0 Å². The summed E-state index contributed by atoms with van der Waals surface area (Å²) in [4.78, 5) is 4.24. The fourth-order valence-electron chi connectivity index (χ4n) is 2.45. The molecule has 1 aliphatic heterocycles. The summed E-state index contributed by atoms with van der Waals surface area (Å²) in [6.45, 7) is 10.0. The number of rotatable bonds is 1. The zero-order valence-electron chi connectivity index (χ0n) is 9.88. The van der Waals surface area contributed by atoms with Gasteiger partial charge in [0.05, 0.1) is 6.04 Å². The first-order valence-electron chi connectivity index (χ1n) is 5.47. The number of aromatic nitrogens is 4. The third kappa shape index (κ3) is 2.02. The summed E-state index contributed by atoms with van der Waals surface area (Å²) in [5.41, 5.74) is 0.217. The standard InChI is InChI=1S/C10H19N5/c1-8-5-9(15-12-7-11-13-15)6-14(8)10(2,3)4/h7-9H,5-6H2,1-4H3/t8-,9-/m0/s1. The van der Waals surface area contributed by atoms with Crippen LogP contribution in [0.4, 0.5) is 0 Å². The molecule has 5 nitrogen and oxygen atoms in total. The first kappa shape index (κ1) is 10.5. The Labute approximate surface area is 90.5 Å². The molecule has 2 heterocycles. The van der Waals surface area contributed by atoms with Crippen LogP contribution in [0, 0.1) is 0 Å². The highest BCUT2D eigenvalue weighted by Gasteiger charge is 2.37. The van der Waals surface area contributed by atoms with Crippen LogP contribution in [-0.4, -0.2) is 43.2 Å². The lowest BCUT2D eigenvalue weighted by molar-refractivity contribution is 0.126. The maximum absolute atomic E-state index is 4.12. The predicted molar refractivity (Wildman–Crippen MR) is 57.4 cm³/mol. The molecular weight excluding hydrogens is 190 g/mol. The maximum Gasteiger partial charge on any atom is 0.162 e. The molecule has 1 saturated heterocycles. The highest BCUT2D eigenvalue weighted by atomic mass is 15.6. The van der Waals surface area contributed by atoms with Gasteiger partial charge in [-0.1, -0.05) is 0 Å². The van der Waals surface area contributed by atoms with E-state index in [1.54, 1.807) is 4.80 Å². The Morgan fingerprint density at radius 1 is 1.33 bits per heavy atom.